The number of hydrogen-bond acceptors (Lipinski definition) is 2. The van der Waals surface area contributed by atoms with Crippen LogP contribution in [0.25, 0.3) is 6.08 Å². The van der Waals surface area contributed by atoms with Crippen LogP contribution < -0.4 is 5.32 Å². The highest BCUT2D eigenvalue weighted by Gasteiger charge is 2.20. The van der Waals surface area contributed by atoms with Crippen LogP contribution >= 0.6 is 0 Å². The van der Waals surface area contributed by atoms with Crippen LogP contribution in [0.3, 0.4) is 0 Å². The smallest absolute Gasteiger partial charge is 0.262 e. The molecule has 1 amide bonds. The normalized spacial score (nSPS) is 15.0. The van der Waals surface area contributed by atoms with E-state index in [0.717, 1.165) is 49.2 Å². The Morgan fingerprint density at radius 3 is 2.62 bits per heavy atom. The molecule has 0 unspecified atom stereocenters. The number of aromatic nitrogens is 1. The van der Waals surface area contributed by atoms with Gasteiger partial charge >= 0.3 is 0 Å². The van der Waals surface area contributed by atoms with E-state index in [2.05, 4.69) is 35.0 Å². The molecule has 0 radical (unpaired) electrons. The van der Waals surface area contributed by atoms with Crippen LogP contribution in [0.2, 0.25) is 0 Å². The fourth-order valence-corrected chi connectivity index (χ4v) is 3.62. The average molecular weight is 347 g/mol. The molecule has 0 aliphatic heterocycles. The maximum absolute atomic E-state index is 12.4. The van der Waals surface area contributed by atoms with Crippen LogP contribution in [-0.2, 0) is 11.3 Å². The maximum atomic E-state index is 12.4. The van der Waals surface area contributed by atoms with Crippen LogP contribution in [-0.4, -0.2) is 16.5 Å². The zero-order valence-corrected chi connectivity index (χ0v) is 15.5. The molecule has 0 saturated heterocycles. The van der Waals surface area contributed by atoms with Crippen LogP contribution in [0, 0.1) is 25.2 Å². The predicted octanol–water partition coefficient (Wildman–Crippen LogP) is 4.12. The van der Waals surface area contributed by atoms with Crippen LogP contribution in [0.15, 0.2) is 42.0 Å². The molecular formula is C22H25N3O. The zero-order chi connectivity index (χ0) is 18.5. The number of carbonyl (C=O) groups excluding carboxylic acids is 1. The monoisotopic (exact) mass is 347 g/mol. The SMILES string of the molecule is Cc1cc(/C=C(/C#N)C(=O)NC2CCCC2)c(C)n1Cc1ccccc1. The molecule has 1 aliphatic carbocycles. The molecule has 1 aromatic heterocycles. The number of benzene rings is 1. The number of rotatable bonds is 5. The first-order valence-corrected chi connectivity index (χ1v) is 9.22. The second kappa shape index (κ2) is 8.05. The number of amides is 1. The summed E-state index contributed by atoms with van der Waals surface area (Å²) in [6.45, 7) is 4.87. The fourth-order valence-electron chi connectivity index (χ4n) is 3.62. The van der Waals surface area contributed by atoms with Crippen molar-refractivity contribution in [3.8, 4) is 6.07 Å². The Morgan fingerprint density at radius 1 is 1.27 bits per heavy atom. The Balaban J connectivity index is 1.81. The lowest BCUT2D eigenvalue weighted by atomic mass is 10.1. The second-order valence-corrected chi connectivity index (χ2v) is 7.02. The van der Waals surface area contributed by atoms with E-state index in [9.17, 15) is 10.1 Å². The number of carbonyl (C=O) groups is 1. The molecule has 134 valence electrons. The van der Waals surface area contributed by atoms with Gasteiger partial charge in [0.2, 0.25) is 0 Å². The summed E-state index contributed by atoms with van der Waals surface area (Å²) in [5, 5.41) is 12.4. The van der Waals surface area contributed by atoms with E-state index in [1.54, 1.807) is 6.08 Å². The Morgan fingerprint density at radius 2 is 1.96 bits per heavy atom. The highest BCUT2D eigenvalue weighted by molar-refractivity contribution is 6.02. The second-order valence-electron chi connectivity index (χ2n) is 7.02. The van der Waals surface area contributed by atoms with Gasteiger partial charge in [-0.1, -0.05) is 43.2 Å². The summed E-state index contributed by atoms with van der Waals surface area (Å²) in [7, 11) is 0. The predicted molar refractivity (Wildman–Crippen MR) is 103 cm³/mol. The van der Waals surface area contributed by atoms with Gasteiger partial charge in [-0.2, -0.15) is 5.26 Å². The molecule has 26 heavy (non-hydrogen) atoms. The van der Waals surface area contributed by atoms with E-state index in [1.807, 2.05) is 31.2 Å². The molecular weight excluding hydrogens is 322 g/mol. The Bertz CT molecular complexity index is 850. The van der Waals surface area contributed by atoms with Gasteiger partial charge in [-0.3, -0.25) is 4.79 Å². The number of aryl methyl sites for hydroxylation is 1. The van der Waals surface area contributed by atoms with Crippen molar-refractivity contribution in [2.75, 3.05) is 0 Å². The van der Waals surface area contributed by atoms with Gasteiger partial charge in [0.25, 0.3) is 5.91 Å². The Labute approximate surface area is 155 Å². The van der Waals surface area contributed by atoms with Gasteiger partial charge in [0.15, 0.2) is 0 Å². The van der Waals surface area contributed by atoms with Crippen LogP contribution in [0.5, 0.6) is 0 Å². The summed E-state index contributed by atoms with van der Waals surface area (Å²) in [4.78, 5) is 12.4. The standard InChI is InChI=1S/C22H25N3O/c1-16-12-19(17(2)25(16)15-18-8-4-3-5-9-18)13-20(14-23)22(26)24-21-10-6-7-11-21/h3-5,8-9,12-13,21H,6-7,10-11,15H2,1-2H3,(H,24,26)/b20-13-. The van der Waals surface area contributed by atoms with Crippen LogP contribution in [0.1, 0.15) is 48.2 Å². The van der Waals surface area contributed by atoms with Gasteiger partial charge in [0.1, 0.15) is 11.6 Å². The molecule has 1 aliphatic rings. The first kappa shape index (κ1) is 18.0. The van der Waals surface area contributed by atoms with Crippen molar-refractivity contribution in [2.45, 2.75) is 52.1 Å². The summed E-state index contributed by atoms with van der Waals surface area (Å²) in [5.41, 5.74) is 4.51. The lowest BCUT2D eigenvalue weighted by Crippen LogP contribution is -2.33. The molecule has 0 atom stereocenters. The van der Waals surface area contributed by atoms with Crippen molar-refractivity contribution in [1.82, 2.24) is 9.88 Å². The van der Waals surface area contributed by atoms with Gasteiger partial charge in [-0.05, 0) is 50.0 Å². The van der Waals surface area contributed by atoms with Gasteiger partial charge < -0.3 is 9.88 Å². The molecule has 2 aromatic rings. The number of nitrogens with one attached hydrogen (secondary N) is 1. The summed E-state index contributed by atoms with van der Waals surface area (Å²) in [6.07, 6.45) is 6.04. The number of nitrogens with zero attached hydrogens (tertiary/aromatic N) is 2. The van der Waals surface area contributed by atoms with E-state index in [4.69, 9.17) is 0 Å². The van der Waals surface area contributed by atoms with E-state index in [0.29, 0.717) is 0 Å². The highest BCUT2D eigenvalue weighted by atomic mass is 16.1. The average Bonchev–Trinajstić information content (AvgIpc) is 3.24. The zero-order valence-electron chi connectivity index (χ0n) is 15.5. The third-order valence-electron chi connectivity index (χ3n) is 5.15. The lowest BCUT2D eigenvalue weighted by Gasteiger charge is -2.11. The quantitative estimate of drug-likeness (QED) is 0.653. The molecule has 1 N–H and O–H groups in total. The minimum absolute atomic E-state index is 0.178. The molecule has 3 rings (SSSR count). The van der Waals surface area contributed by atoms with Crippen molar-refractivity contribution in [3.63, 3.8) is 0 Å². The van der Waals surface area contributed by atoms with Crippen molar-refractivity contribution in [3.05, 3.63) is 64.5 Å². The molecule has 1 aromatic carbocycles. The molecule has 1 saturated carbocycles. The molecule has 0 bridgehead atoms. The summed E-state index contributed by atoms with van der Waals surface area (Å²) >= 11 is 0. The van der Waals surface area contributed by atoms with Crippen molar-refractivity contribution < 1.29 is 4.79 Å². The molecule has 0 spiro atoms. The summed E-state index contributed by atoms with van der Waals surface area (Å²) in [6, 6.07) is 14.6. The minimum atomic E-state index is -0.257. The molecule has 4 nitrogen and oxygen atoms in total. The van der Waals surface area contributed by atoms with Crippen molar-refractivity contribution in [2.24, 2.45) is 0 Å². The Kier molecular flexibility index (Phi) is 5.58. The van der Waals surface area contributed by atoms with E-state index < -0.39 is 0 Å². The van der Waals surface area contributed by atoms with Crippen molar-refractivity contribution in [1.29, 1.82) is 5.26 Å². The van der Waals surface area contributed by atoms with Gasteiger partial charge in [0.05, 0.1) is 0 Å². The molecule has 1 heterocycles. The summed E-state index contributed by atoms with van der Waals surface area (Å²) in [5.74, 6) is -0.257. The van der Waals surface area contributed by atoms with E-state index in [1.165, 1.54) is 5.56 Å². The molecule has 4 heteroatoms. The van der Waals surface area contributed by atoms with E-state index in [-0.39, 0.29) is 17.5 Å². The van der Waals surface area contributed by atoms with Gasteiger partial charge in [-0.15, -0.1) is 0 Å². The van der Waals surface area contributed by atoms with Crippen LogP contribution in [0.4, 0.5) is 0 Å². The topological polar surface area (TPSA) is 57.8 Å². The fraction of sp³-hybridized carbons (Fsp3) is 0.364. The van der Waals surface area contributed by atoms with Crippen molar-refractivity contribution >= 4 is 12.0 Å². The highest BCUT2D eigenvalue weighted by Crippen LogP contribution is 2.21. The Hall–Kier alpha value is -2.80. The van der Waals surface area contributed by atoms with Gasteiger partial charge in [0, 0.05) is 24.0 Å². The van der Waals surface area contributed by atoms with Gasteiger partial charge in [-0.25, -0.2) is 0 Å². The number of hydrogen-bond donors (Lipinski definition) is 1. The lowest BCUT2D eigenvalue weighted by molar-refractivity contribution is -0.117. The molecule has 1 fully saturated rings. The third kappa shape index (κ3) is 4.05. The number of nitriles is 1. The minimum Gasteiger partial charge on any atom is -0.349 e. The largest absolute Gasteiger partial charge is 0.349 e. The summed E-state index contributed by atoms with van der Waals surface area (Å²) < 4.78 is 2.21. The third-order valence-corrected chi connectivity index (χ3v) is 5.15. The first-order chi connectivity index (χ1) is 12.6. The van der Waals surface area contributed by atoms with E-state index >= 15 is 0 Å². The maximum Gasteiger partial charge on any atom is 0.262 e. The first-order valence-electron chi connectivity index (χ1n) is 9.22.